The molecule has 0 saturated carbocycles. The van der Waals surface area contributed by atoms with Gasteiger partial charge in [-0.25, -0.2) is 0 Å². The number of hydrogen-bond donors (Lipinski definition) is 1. The molecule has 1 atom stereocenters. The Kier molecular flexibility index (Phi) is 4.79. The average Bonchev–Trinajstić information content (AvgIpc) is 2.24. The van der Waals surface area contributed by atoms with Crippen molar-refractivity contribution in [1.29, 1.82) is 5.26 Å². The SMILES string of the molecule is N#CCN[C@H](CC(F)(F)F)c1ccc(Cl)cc1. The molecule has 17 heavy (non-hydrogen) atoms. The third kappa shape index (κ3) is 5.07. The van der Waals surface area contributed by atoms with Gasteiger partial charge in [0.2, 0.25) is 0 Å². The van der Waals surface area contributed by atoms with Crippen LogP contribution in [0.4, 0.5) is 13.2 Å². The fourth-order valence-corrected chi connectivity index (χ4v) is 1.53. The van der Waals surface area contributed by atoms with Crippen LogP contribution in [0.15, 0.2) is 24.3 Å². The van der Waals surface area contributed by atoms with Gasteiger partial charge in [0.15, 0.2) is 0 Å². The summed E-state index contributed by atoms with van der Waals surface area (Å²) in [6.07, 6.45) is -5.30. The molecule has 0 radical (unpaired) electrons. The van der Waals surface area contributed by atoms with Gasteiger partial charge in [0, 0.05) is 11.1 Å². The van der Waals surface area contributed by atoms with E-state index < -0.39 is 18.6 Å². The Morgan fingerprint density at radius 1 is 1.29 bits per heavy atom. The first-order valence-corrected chi connectivity index (χ1v) is 5.23. The second-order valence-electron chi connectivity index (χ2n) is 3.46. The zero-order valence-electron chi connectivity index (χ0n) is 8.76. The first kappa shape index (κ1) is 13.8. The third-order valence-corrected chi connectivity index (χ3v) is 2.39. The van der Waals surface area contributed by atoms with Crippen molar-refractivity contribution in [3.8, 4) is 6.07 Å². The Balaban J connectivity index is 2.82. The Morgan fingerprint density at radius 3 is 2.35 bits per heavy atom. The number of hydrogen-bond acceptors (Lipinski definition) is 2. The smallest absolute Gasteiger partial charge is 0.297 e. The van der Waals surface area contributed by atoms with Crippen molar-refractivity contribution in [3.05, 3.63) is 34.9 Å². The summed E-state index contributed by atoms with van der Waals surface area (Å²) < 4.78 is 37.0. The monoisotopic (exact) mass is 262 g/mol. The number of halogens is 4. The Bertz CT molecular complexity index is 395. The zero-order valence-corrected chi connectivity index (χ0v) is 9.52. The standard InChI is InChI=1S/C11H10ClF3N2/c12-9-3-1-8(2-4-9)10(17-6-5-16)7-11(13,14)15/h1-4,10,17H,6-7H2/t10-/m1/s1. The van der Waals surface area contributed by atoms with E-state index in [4.69, 9.17) is 16.9 Å². The van der Waals surface area contributed by atoms with Gasteiger partial charge >= 0.3 is 6.18 Å². The molecular weight excluding hydrogens is 253 g/mol. The largest absolute Gasteiger partial charge is 0.390 e. The summed E-state index contributed by atoms with van der Waals surface area (Å²) in [5.41, 5.74) is 0.460. The summed E-state index contributed by atoms with van der Waals surface area (Å²) in [4.78, 5) is 0. The van der Waals surface area contributed by atoms with E-state index in [1.165, 1.54) is 24.3 Å². The highest BCUT2D eigenvalue weighted by Gasteiger charge is 2.32. The van der Waals surface area contributed by atoms with E-state index in [2.05, 4.69) is 5.32 Å². The zero-order chi connectivity index (χ0) is 12.9. The lowest BCUT2D eigenvalue weighted by molar-refractivity contribution is -0.140. The van der Waals surface area contributed by atoms with Crippen LogP contribution >= 0.6 is 11.6 Å². The van der Waals surface area contributed by atoms with E-state index >= 15 is 0 Å². The average molecular weight is 263 g/mol. The molecule has 0 fully saturated rings. The molecule has 1 rings (SSSR count). The predicted octanol–water partition coefficient (Wildman–Crippen LogP) is 3.45. The van der Waals surface area contributed by atoms with E-state index in [9.17, 15) is 13.2 Å². The van der Waals surface area contributed by atoms with E-state index in [1.807, 2.05) is 0 Å². The minimum atomic E-state index is -4.28. The summed E-state index contributed by atoms with van der Waals surface area (Å²) in [6, 6.07) is 6.91. The molecule has 0 heterocycles. The highest BCUT2D eigenvalue weighted by Crippen LogP contribution is 2.29. The lowest BCUT2D eigenvalue weighted by Crippen LogP contribution is -2.27. The molecule has 0 spiro atoms. The molecule has 0 aromatic heterocycles. The van der Waals surface area contributed by atoms with Crippen molar-refractivity contribution >= 4 is 11.6 Å². The maximum Gasteiger partial charge on any atom is 0.390 e. The number of nitrogens with zero attached hydrogens (tertiary/aromatic N) is 1. The topological polar surface area (TPSA) is 35.8 Å². The van der Waals surface area contributed by atoms with Crippen molar-refractivity contribution in [3.63, 3.8) is 0 Å². The third-order valence-electron chi connectivity index (χ3n) is 2.14. The number of alkyl halides is 3. The fourth-order valence-electron chi connectivity index (χ4n) is 1.40. The van der Waals surface area contributed by atoms with Crippen molar-refractivity contribution in [2.75, 3.05) is 6.54 Å². The van der Waals surface area contributed by atoms with Crippen LogP contribution in [0.5, 0.6) is 0 Å². The lowest BCUT2D eigenvalue weighted by atomic mass is 10.0. The molecule has 0 aliphatic rings. The molecule has 0 aliphatic carbocycles. The molecule has 1 N–H and O–H groups in total. The molecular formula is C11H10ClF3N2. The Hall–Kier alpha value is -1.25. The molecule has 0 unspecified atom stereocenters. The van der Waals surface area contributed by atoms with Gasteiger partial charge in [-0.1, -0.05) is 23.7 Å². The summed E-state index contributed by atoms with van der Waals surface area (Å²) in [5, 5.41) is 11.4. The molecule has 0 aliphatic heterocycles. The van der Waals surface area contributed by atoms with E-state index in [-0.39, 0.29) is 6.54 Å². The molecule has 6 heteroatoms. The van der Waals surface area contributed by atoms with Gasteiger partial charge in [0.25, 0.3) is 0 Å². The Labute approximate surface area is 102 Å². The van der Waals surface area contributed by atoms with Gasteiger partial charge in [0.1, 0.15) is 0 Å². The van der Waals surface area contributed by atoms with Crippen LogP contribution in [0.1, 0.15) is 18.0 Å². The highest BCUT2D eigenvalue weighted by atomic mass is 35.5. The molecule has 0 saturated heterocycles. The maximum atomic E-state index is 12.3. The van der Waals surface area contributed by atoms with Crippen molar-refractivity contribution < 1.29 is 13.2 Å². The van der Waals surface area contributed by atoms with Crippen molar-refractivity contribution in [2.45, 2.75) is 18.6 Å². The first-order chi connectivity index (χ1) is 7.92. The lowest BCUT2D eigenvalue weighted by Gasteiger charge is -2.19. The molecule has 92 valence electrons. The van der Waals surface area contributed by atoms with Gasteiger partial charge < -0.3 is 0 Å². The minimum Gasteiger partial charge on any atom is -0.297 e. The molecule has 0 bridgehead atoms. The van der Waals surface area contributed by atoms with Crippen LogP contribution in [-0.4, -0.2) is 12.7 Å². The number of rotatable bonds is 4. The van der Waals surface area contributed by atoms with Crippen LogP contribution in [0.3, 0.4) is 0 Å². The second kappa shape index (κ2) is 5.89. The van der Waals surface area contributed by atoms with Crippen LogP contribution in [0, 0.1) is 11.3 Å². The van der Waals surface area contributed by atoms with Crippen LogP contribution in [0.2, 0.25) is 5.02 Å². The highest BCUT2D eigenvalue weighted by molar-refractivity contribution is 6.30. The van der Waals surface area contributed by atoms with Gasteiger partial charge in [-0.05, 0) is 17.7 Å². The van der Waals surface area contributed by atoms with Crippen LogP contribution in [-0.2, 0) is 0 Å². The summed E-state index contributed by atoms with van der Waals surface area (Å²) in [6.45, 7) is -0.136. The van der Waals surface area contributed by atoms with Gasteiger partial charge in [-0.15, -0.1) is 0 Å². The summed E-state index contributed by atoms with van der Waals surface area (Å²) >= 11 is 5.66. The molecule has 2 nitrogen and oxygen atoms in total. The van der Waals surface area contributed by atoms with Crippen molar-refractivity contribution in [1.82, 2.24) is 5.32 Å². The number of nitrogens with one attached hydrogen (secondary N) is 1. The summed E-state index contributed by atoms with van der Waals surface area (Å²) in [7, 11) is 0. The number of nitriles is 1. The predicted molar refractivity (Wildman–Crippen MR) is 58.5 cm³/mol. The van der Waals surface area contributed by atoms with E-state index in [0.717, 1.165) is 0 Å². The van der Waals surface area contributed by atoms with E-state index in [1.54, 1.807) is 6.07 Å². The van der Waals surface area contributed by atoms with Crippen LogP contribution in [0.25, 0.3) is 0 Å². The molecule has 1 aromatic rings. The number of benzene rings is 1. The molecule has 1 aromatic carbocycles. The molecule has 0 amide bonds. The normalized spacial score (nSPS) is 13.1. The summed E-state index contributed by atoms with van der Waals surface area (Å²) in [5.74, 6) is 0. The quantitative estimate of drug-likeness (QED) is 0.844. The van der Waals surface area contributed by atoms with E-state index in [0.29, 0.717) is 10.6 Å². The van der Waals surface area contributed by atoms with Crippen molar-refractivity contribution in [2.24, 2.45) is 0 Å². The minimum absolute atomic E-state index is 0.136. The van der Waals surface area contributed by atoms with Crippen LogP contribution < -0.4 is 5.32 Å². The maximum absolute atomic E-state index is 12.3. The van der Waals surface area contributed by atoms with Gasteiger partial charge in [-0.3, -0.25) is 5.32 Å². The second-order valence-corrected chi connectivity index (χ2v) is 3.90. The van der Waals surface area contributed by atoms with Gasteiger partial charge in [-0.2, -0.15) is 18.4 Å². The fraction of sp³-hybridized carbons (Fsp3) is 0.364. The first-order valence-electron chi connectivity index (χ1n) is 4.85. The van der Waals surface area contributed by atoms with Gasteiger partial charge in [0.05, 0.1) is 19.0 Å². The Morgan fingerprint density at radius 2 is 1.88 bits per heavy atom.